The zero-order valence-electron chi connectivity index (χ0n) is 15.2. The second-order valence-corrected chi connectivity index (χ2v) is 5.99. The molecule has 2 aromatic carbocycles. The Morgan fingerprint density at radius 3 is 2.42 bits per heavy atom. The summed E-state index contributed by atoms with van der Waals surface area (Å²) in [6, 6.07) is 11.0. The number of fused-ring (bicyclic) bond motifs is 1. The van der Waals surface area contributed by atoms with Gasteiger partial charge in [-0.05, 0) is 60.5 Å². The van der Waals surface area contributed by atoms with E-state index in [1.54, 1.807) is 38.5 Å². The molecule has 0 radical (unpaired) electrons. The molecule has 0 aliphatic carbocycles. The van der Waals surface area contributed by atoms with E-state index in [0.29, 0.717) is 23.7 Å². The number of hydrogen-bond acceptors (Lipinski definition) is 6. The van der Waals surface area contributed by atoms with Crippen molar-refractivity contribution in [1.29, 1.82) is 0 Å². The van der Waals surface area contributed by atoms with E-state index in [4.69, 9.17) is 18.9 Å². The molecule has 0 unspecified atom stereocenters. The number of nitrogens with one attached hydrogen (secondary N) is 1. The minimum atomic E-state index is -0.361. The highest BCUT2D eigenvalue weighted by Gasteiger charge is 2.23. The van der Waals surface area contributed by atoms with Gasteiger partial charge in [0.05, 0.1) is 32.9 Å². The first-order valence-electron chi connectivity index (χ1n) is 8.45. The molecule has 0 saturated carbocycles. The molecule has 0 fully saturated rings. The Hall–Kier alpha value is -2.73. The summed E-state index contributed by atoms with van der Waals surface area (Å²) in [7, 11) is 4.64. The molecule has 2 aromatic rings. The Morgan fingerprint density at radius 2 is 1.77 bits per heavy atom. The van der Waals surface area contributed by atoms with Crippen molar-refractivity contribution in [2.75, 3.05) is 34.5 Å². The Labute approximate surface area is 153 Å². The van der Waals surface area contributed by atoms with Gasteiger partial charge in [0.2, 0.25) is 0 Å². The van der Waals surface area contributed by atoms with Crippen molar-refractivity contribution in [2.24, 2.45) is 0 Å². The standard InChI is InChI=1S/C20H23NO5/c1-23-18-10-14-8-9-21-17(16(14)11-19(18)24-2)12-26-15-6-4-13(5-7-15)20(22)25-3/h4-7,10-11,17,21H,8-9,12H2,1-3H3/t17-/m0/s1. The minimum Gasteiger partial charge on any atom is -0.493 e. The van der Waals surface area contributed by atoms with Crippen molar-refractivity contribution in [3.63, 3.8) is 0 Å². The highest BCUT2D eigenvalue weighted by Crippen LogP contribution is 2.35. The third-order valence-corrected chi connectivity index (χ3v) is 4.50. The second kappa shape index (κ2) is 8.10. The first-order chi connectivity index (χ1) is 12.7. The van der Waals surface area contributed by atoms with Gasteiger partial charge in [0, 0.05) is 0 Å². The van der Waals surface area contributed by atoms with Crippen molar-refractivity contribution in [3.05, 3.63) is 53.1 Å². The van der Waals surface area contributed by atoms with Crippen LogP contribution in [0.4, 0.5) is 0 Å². The highest BCUT2D eigenvalue weighted by atomic mass is 16.5. The van der Waals surface area contributed by atoms with Crippen LogP contribution in [0, 0.1) is 0 Å². The molecule has 1 aliphatic heterocycles. The monoisotopic (exact) mass is 357 g/mol. The Kier molecular flexibility index (Phi) is 5.63. The van der Waals surface area contributed by atoms with E-state index in [1.165, 1.54) is 12.7 Å². The van der Waals surface area contributed by atoms with E-state index in [0.717, 1.165) is 24.3 Å². The number of ether oxygens (including phenoxy) is 4. The number of rotatable bonds is 6. The van der Waals surface area contributed by atoms with Crippen LogP contribution < -0.4 is 19.5 Å². The average molecular weight is 357 g/mol. The fourth-order valence-electron chi connectivity index (χ4n) is 3.10. The van der Waals surface area contributed by atoms with E-state index >= 15 is 0 Å². The number of methoxy groups -OCH3 is 3. The summed E-state index contributed by atoms with van der Waals surface area (Å²) in [5, 5.41) is 3.48. The Bertz CT molecular complexity index is 773. The summed E-state index contributed by atoms with van der Waals surface area (Å²) in [5.74, 6) is 1.79. The number of esters is 1. The van der Waals surface area contributed by atoms with Gasteiger partial charge in [-0.25, -0.2) is 4.79 Å². The molecule has 3 rings (SSSR count). The van der Waals surface area contributed by atoms with Gasteiger partial charge in [-0.15, -0.1) is 0 Å². The summed E-state index contributed by atoms with van der Waals surface area (Å²) in [5.41, 5.74) is 2.88. The van der Waals surface area contributed by atoms with Crippen LogP contribution in [0.2, 0.25) is 0 Å². The first kappa shape index (κ1) is 18.1. The van der Waals surface area contributed by atoms with E-state index in [9.17, 15) is 4.79 Å². The molecule has 1 aliphatic rings. The predicted octanol–water partition coefficient (Wildman–Crippen LogP) is 2.76. The molecular formula is C20H23NO5. The highest BCUT2D eigenvalue weighted by molar-refractivity contribution is 5.89. The van der Waals surface area contributed by atoms with Gasteiger partial charge in [-0.2, -0.15) is 0 Å². The number of carbonyl (C=O) groups is 1. The normalized spacial score (nSPS) is 15.7. The van der Waals surface area contributed by atoms with Crippen molar-refractivity contribution in [3.8, 4) is 17.2 Å². The van der Waals surface area contributed by atoms with Crippen molar-refractivity contribution in [2.45, 2.75) is 12.5 Å². The fraction of sp³-hybridized carbons (Fsp3) is 0.350. The molecule has 1 atom stereocenters. The van der Waals surface area contributed by atoms with Crippen LogP contribution in [0.15, 0.2) is 36.4 Å². The first-order valence-corrected chi connectivity index (χ1v) is 8.45. The topological polar surface area (TPSA) is 66.0 Å². The lowest BCUT2D eigenvalue weighted by molar-refractivity contribution is 0.0600. The van der Waals surface area contributed by atoms with E-state index in [1.807, 2.05) is 12.1 Å². The van der Waals surface area contributed by atoms with Gasteiger partial charge >= 0.3 is 5.97 Å². The smallest absolute Gasteiger partial charge is 0.337 e. The van der Waals surface area contributed by atoms with E-state index in [2.05, 4.69) is 5.32 Å². The summed E-state index contributed by atoms with van der Waals surface area (Å²) in [6.45, 7) is 1.35. The molecule has 26 heavy (non-hydrogen) atoms. The van der Waals surface area contributed by atoms with Crippen LogP contribution >= 0.6 is 0 Å². The lowest BCUT2D eigenvalue weighted by Crippen LogP contribution is -2.33. The summed E-state index contributed by atoms with van der Waals surface area (Å²) in [6.07, 6.45) is 0.931. The molecule has 138 valence electrons. The summed E-state index contributed by atoms with van der Waals surface area (Å²) >= 11 is 0. The van der Waals surface area contributed by atoms with Crippen LogP contribution in [-0.4, -0.2) is 40.5 Å². The molecule has 0 saturated heterocycles. The van der Waals surface area contributed by atoms with Crippen LogP contribution in [-0.2, 0) is 11.2 Å². The third kappa shape index (κ3) is 3.75. The Balaban J connectivity index is 1.73. The number of benzene rings is 2. The van der Waals surface area contributed by atoms with Crippen molar-refractivity contribution in [1.82, 2.24) is 5.32 Å². The number of carbonyl (C=O) groups excluding carboxylic acids is 1. The van der Waals surface area contributed by atoms with Crippen molar-refractivity contribution >= 4 is 5.97 Å². The molecule has 6 nitrogen and oxygen atoms in total. The van der Waals surface area contributed by atoms with Crippen molar-refractivity contribution < 1.29 is 23.7 Å². The van der Waals surface area contributed by atoms with Gasteiger partial charge in [0.1, 0.15) is 12.4 Å². The number of hydrogen-bond donors (Lipinski definition) is 1. The maximum Gasteiger partial charge on any atom is 0.337 e. The maximum absolute atomic E-state index is 11.5. The summed E-state index contributed by atoms with van der Waals surface area (Å²) in [4.78, 5) is 11.5. The van der Waals surface area contributed by atoms with Crippen LogP contribution in [0.25, 0.3) is 0 Å². The largest absolute Gasteiger partial charge is 0.493 e. The fourth-order valence-corrected chi connectivity index (χ4v) is 3.10. The molecule has 0 amide bonds. The SMILES string of the molecule is COC(=O)c1ccc(OC[C@@H]2NCCc3cc(OC)c(OC)cc32)cc1. The molecule has 1 heterocycles. The molecule has 1 N–H and O–H groups in total. The summed E-state index contributed by atoms with van der Waals surface area (Å²) < 4.78 is 21.4. The van der Waals surface area contributed by atoms with Gasteiger partial charge in [0.25, 0.3) is 0 Å². The maximum atomic E-state index is 11.5. The molecule has 0 spiro atoms. The lowest BCUT2D eigenvalue weighted by Gasteiger charge is -2.28. The van der Waals surface area contributed by atoms with E-state index < -0.39 is 0 Å². The van der Waals surface area contributed by atoms with Gasteiger partial charge < -0.3 is 24.3 Å². The molecule has 6 heteroatoms. The van der Waals surface area contributed by atoms with Gasteiger partial charge in [-0.1, -0.05) is 0 Å². The second-order valence-electron chi connectivity index (χ2n) is 5.99. The quantitative estimate of drug-likeness (QED) is 0.802. The van der Waals surface area contributed by atoms with Gasteiger partial charge in [0.15, 0.2) is 11.5 Å². The van der Waals surface area contributed by atoms with Crippen LogP contribution in [0.5, 0.6) is 17.2 Å². The van der Waals surface area contributed by atoms with E-state index in [-0.39, 0.29) is 12.0 Å². The molecule has 0 aromatic heterocycles. The molecule has 0 bridgehead atoms. The zero-order valence-corrected chi connectivity index (χ0v) is 15.2. The zero-order chi connectivity index (χ0) is 18.5. The minimum absolute atomic E-state index is 0.0545. The average Bonchev–Trinajstić information content (AvgIpc) is 2.70. The molecular weight excluding hydrogens is 334 g/mol. The van der Waals surface area contributed by atoms with Crippen LogP contribution in [0.3, 0.4) is 0 Å². The third-order valence-electron chi connectivity index (χ3n) is 4.50. The Morgan fingerprint density at radius 1 is 1.08 bits per heavy atom. The predicted molar refractivity (Wildman–Crippen MR) is 97.3 cm³/mol. The van der Waals surface area contributed by atoms with Gasteiger partial charge in [-0.3, -0.25) is 0 Å². The van der Waals surface area contributed by atoms with Crippen LogP contribution in [0.1, 0.15) is 27.5 Å². The lowest BCUT2D eigenvalue weighted by atomic mass is 9.94.